The summed E-state index contributed by atoms with van der Waals surface area (Å²) in [6, 6.07) is 17.6. The number of phenols is 1. The molecule has 3 N–H and O–H groups in total. The lowest BCUT2D eigenvalue weighted by atomic mass is 10.0. The van der Waals surface area contributed by atoms with Gasteiger partial charge in [0.2, 0.25) is 0 Å². The molecular formula is C31H29F3N4O5. The average Bonchev–Trinajstić information content (AvgIpc) is 3.67. The average molecular weight is 595 g/mol. The molecule has 0 saturated heterocycles. The maximum atomic E-state index is 13.3. The van der Waals surface area contributed by atoms with Crippen molar-refractivity contribution in [3.05, 3.63) is 89.6 Å². The second-order valence-electron chi connectivity index (χ2n) is 10.1. The van der Waals surface area contributed by atoms with Crippen LogP contribution in [0.4, 0.5) is 23.7 Å². The minimum atomic E-state index is -4.84. The number of nitrogens with zero attached hydrogens (tertiary/aromatic N) is 2. The SMILES string of the molecule is COc1ccc(CNC(=O)n2nc(-c3cc(NC(=O)c4ccc(OC(F)(F)F)cc4)ccc3O)cc2C2CCCC2)cc1. The molecule has 12 heteroatoms. The Morgan fingerprint density at radius 3 is 2.30 bits per heavy atom. The first-order chi connectivity index (χ1) is 20.6. The van der Waals surface area contributed by atoms with E-state index in [0.29, 0.717) is 22.7 Å². The first-order valence-electron chi connectivity index (χ1n) is 13.6. The summed E-state index contributed by atoms with van der Waals surface area (Å²) in [6.07, 6.45) is -0.949. The van der Waals surface area contributed by atoms with Crippen LogP contribution in [0.2, 0.25) is 0 Å². The van der Waals surface area contributed by atoms with Gasteiger partial charge in [0.15, 0.2) is 0 Å². The molecule has 0 bridgehead atoms. The van der Waals surface area contributed by atoms with E-state index < -0.39 is 24.1 Å². The zero-order valence-corrected chi connectivity index (χ0v) is 23.1. The number of alkyl halides is 3. The molecule has 1 heterocycles. The number of hydrogen-bond donors (Lipinski definition) is 3. The predicted octanol–water partition coefficient (Wildman–Crippen LogP) is 6.83. The summed E-state index contributed by atoms with van der Waals surface area (Å²) in [5.41, 5.74) is 2.68. The van der Waals surface area contributed by atoms with Gasteiger partial charge in [-0.15, -0.1) is 13.2 Å². The second kappa shape index (κ2) is 12.5. The molecule has 0 radical (unpaired) electrons. The monoisotopic (exact) mass is 594 g/mol. The number of phenolic OH excluding ortho intramolecular Hbond substituents is 1. The highest BCUT2D eigenvalue weighted by Crippen LogP contribution is 2.38. The van der Waals surface area contributed by atoms with Crippen LogP contribution in [-0.4, -0.2) is 40.3 Å². The summed E-state index contributed by atoms with van der Waals surface area (Å²) in [4.78, 5) is 26.1. The van der Waals surface area contributed by atoms with Crippen LogP contribution in [0.5, 0.6) is 17.2 Å². The molecule has 1 fully saturated rings. The van der Waals surface area contributed by atoms with Gasteiger partial charge in [0, 0.05) is 29.3 Å². The van der Waals surface area contributed by atoms with Crippen molar-refractivity contribution >= 4 is 17.6 Å². The van der Waals surface area contributed by atoms with Crippen LogP contribution < -0.4 is 20.1 Å². The van der Waals surface area contributed by atoms with Crippen molar-refractivity contribution in [2.45, 2.75) is 44.5 Å². The van der Waals surface area contributed by atoms with E-state index in [-0.39, 0.29) is 23.8 Å². The van der Waals surface area contributed by atoms with Crippen molar-refractivity contribution in [3.8, 4) is 28.5 Å². The van der Waals surface area contributed by atoms with Crippen LogP contribution in [0, 0.1) is 0 Å². The number of carbonyl (C=O) groups is 2. The molecule has 3 aromatic carbocycles. The Morgan fingerprint density at radius 1 is 0.977 bits per heavy atom. The number of amides is 2. The van der Waals surface area contributed by atoms with Crippen LogP contribution in [-0.2, 0) is 6.54 Å². The number of nitrogens with one attached hydrogen (secondary N) is 2. The number of rotatable bonds is 8. The van der Waals surface area contributed by atoms with Gasteiger partial charge in [-0.25, -0.2) is 4.79 Å². The van der Waals surface area contributed by atoms with Gasteiger partial charge in [0.1, 0.15) is 17.2 Å². The van der Waals surface area contributed by atoms with E-state index in [2.05, 4.69) is 20.5 Å². The van der Waals surface area contributed by atoms with E-state index in [4.69, 9.17) is 4.74 Å². The standard InChI is InChI=1S/C31H29F3N4O5/c1-42-23-11-6-19(7-12-23)18-35-30(41)38-27(20-4-2-3-5-20)17-26(37-38)25-16-22(10-15-28(25)39)36-29(40)21-8-13-24(14-9-21)43-31(32,33)34/h6-17,20,39H,2-5,18H2,1H3,(H,35,41)(H,36,40). The number of ether oxygens (including phenoxy) is 2. The minimum Gasteiger partial charge on any atom is -0.507 e. The highest BCUT2D eigenvalue weighted by molar-refractivity contribution is 6.04. The lowest BCUT2D eigenvalue weighted by Gasteiger charge is -2.12. The maximum Gasteiger partial charge on any atom is 0.573 e. The Morgan fingerprint density at radius 2 is 1.65 bits per heavy atom. The molecule has 224 valence electrons. The summed E-state index contributed by atoms with van der Waals surface area (Å²) < 4.78 is 47.7. The highest BCUT2D eigenvalue weighted by Gasteiger charge is 2.31. The quantitative estimate of drug-likeness (QED) is 0.193. The summed E-state index contributed by atoms with van der Waals surface area (Å²) in [6.45, 7) is 0.276. The largest absolute Gasteiger partial charge is 0.573 e. The van der Waals surface area contributed by atoms with Crippen molar-refractivity contribution in [3.63, 3.8) is 0 Å². The van der Waals surface area contributed by atoms with Gasteiger partial charge >= 0.3 is 12.4 Å². The van der Waals surface area contributed by atoms with Crippen molar-refractivity contribution in [2.24, 2.45) is 0 Å². The van der Waals surface area contributed by atoms with Gasteiger partial charge in [0.05, 0.1) is 18.5 Å². The number of hydrogen-bond acceptors (Lipinski definition) is 6. The van der Waals surface area contributed by atoms with Gasteiger partial charge in [-0.1, -0.05) is 25.0 Å². The Balaban J connectivity index is 1.35. The third-order valence-electron chi connectivity index (χ3n) is 7.19. The predicted molar refractivity (Wildman–Crippen MR) is 152 cm³/mol. The zero-order valence-electron chi connectivity index (χ0n) is 23.1. The third-order valence-corrected chi connectivity index (χ3v) is 7.19. The first kappa shape index (κ1) is 29.5. The molecule has 0 spiro atoms. The van der Waals surface area contributed by atoms with Gasteiger partial charge in [-0.05, 0) is 79.1 Å². The Labute approximate surface area is 245 Å². The Hall–Kier alpha value is -5.00. The maximum absolute atomic E-state index is 13.3. The molecule has 1 aliphatic rings. The zero-order chi connectivity index (χ0) is 30.6. The van der Waals surface area contributed by atoms with Crippen molar-refractivity contribution < 1.29 is 37.3 Å². The topological polar surface area (TPSA) is 115 Å². The molecule has 43 heavy (non-hydrogen) atoms. The second-order valence-corrected chi connectivity index (χ2v) is 10.1. The molecule has 1 aromatic heterocycles. The van der Waals surface area contributed by atoms with Crippen LogP contribution in [0.3, 0.4) is 0 Å². The smallest absolute Gasteiger partial charge is 0.507 e. The summed E-state index contributed by atoms with van der Waals surface area (Å²) in [5.74, 6) is -0.292. The summed E-state index contributed by atoms with van der Waals surface area (Å²) >= 11 is 0. The Bertz CT molecular complexity index is 1600. The number of carbonyl (C=O) groups excluding carboxylic acids is 2. The minimum absolute atomic E-state index is 0.102. The molecule has 0 aliphatic heterocycles. The van der Waals surface area contributed by atoms with Gasteiger partial charge in [-0.2, -0.15) is 9.78 Å². The van der Waals surface area contributed by atoms with Crippen molar-refractivity contribution in [1.82, 2.24) is 15.1 Å². The molecule has 5 rings (SSSR count). The molecule has 4 aromatic rings. The lowest BCUT2D eigenvalue weighted by molar-refractivity contribution is -0.274. The molecule has 0 unspecified atom stereocenters. The number of anilines is 1. The fourth-order valence-corrected chi connectivity index (χ4v) is 5.03. The molecule has 1 saturated carbocycles. The van der Waals surface area contributed by atoms with Gasteiger partial charge < -0.3 is 25.2 Å². The van der Waals surface area contributed by atoms with E-state index in [0.717, 1.165) is 49.1 Å². The van der Waals surface area contributed by atoms with Crippen molar-refractivity contribution in [2.75, 3.05) is 12.4 Å². The molecular weight excluding hydrogens is 565 g/mol. The molecule has 1 aliphatic carbocycles. The fraction of sp³-hybridized carbons (Fsp3) is 0.258. The van der Waals surface area contributed by atoms with E-state index in [9.17, 15) is 27.9 Å². The molecule has 9 nitrogen and oxygen atoms in total. The van der Waals surface area contributed by atoms with Crippen molar-refractivity contribution in [1.29, 1.82) is 0 Å². The number of methoxy groups -OCH3 is 1. The Kier molecular flexibility index (Phi) is 8.56. The van der Waals surface area contributed by atoms with E-state index in [1.807, 2.05) is 24.3 Å². The van der Waals surface area contributed by atoms with E-state index >= 15 is 0 Å². The number of halogens is 3. The summed E-state index contributed by atoms with van der Waals surface area (Å²) in [5, 5.41) is 20.8. The number of aromatic nitrogens is 2. The van der Waals surface area contributed by atoms with Crippen LogP contribution in [0.25, 0.3) is 11.3 Å². The van der Waals surface area contributed by atoms with E-state index in [1.165, 1.54) is 35.0 Å². The van der Waals surface area contributed by atoms with Crippen LogP contribution in [0.15, 0.2) is 72.8 Å². The third kappa shape index (κ3) is 7.26. The lowest BCUT2D eigenvalue weighted by Crippen LogP contribution is -2.30. The van der Waals surface area contributed by atoms with Crippen LogP contribution in [0.1, 0.15) is 53.2 Å². The molecule has 0 atom stereocenters. The van der Waals surface area contributed by atoms with Gasteiger partial charge in [0.25, 0.3) is 5.91 Å². The highest BCUT2D eigenvalue weighted by atomic mass is 19.4. The normalized spacial score (nSPS) is 13.5. The fourth-order valence-electron chi connectivity index (χ4n) is 5.03. The van der Waals surface area contributed by atoms with Gasteiger partial charge in [-0.3, -0.25) is 4.79 Å². The number of aromatic hydroxyl groups is 1. The molecule has 2 amide bonds. The first-order valence-corrected chi connectivity index (χ1v) is 13.6. The number of benzene rings is 3. The van der Waals surface area contributed by atoms with Crippen LogP contribution >= 0.6 is 0 Å². The summed E-state index contributed by atoms with van der Waals surface area (Å²) in [7, 11) is 1.58. The van der Waals surface area contributed by atoms with E-state index in [1.54, 1.807) is 13.2 Å².